The molecule has 1 aromatic heterocycles. The SMILES string of the molecule is COC(=O)c1cnc(C)n1Cc1cccc([N+](=O)[O-])c1Br. The quantitative estimate of drug-likeness (QED) is 0.479. The second-order valence-electron chi connectivity index (χ2n) is 4.28. The van der Waals surface area contributed by atoms with E-state index in [4.69, 9.17) is 4.74 Å². The lowest BCUT2D eigenvalue weighted by Gasteiger charge is -2.10. The minimum Gasteiger partial charge on any atom is -0.464 e. The molecule has 0 aliphatic carbocycles. The Morgan fingerprint density at radius 2 is 2.24 bits per heavy atom. The number of rotatable bonds is 4. The summed E-state index contributed by atoms with van der Waals surface area (Å²) in [5.74, 6) is 0.117. The number of methoxy groups -OCH3 is 1. The number of carbonyl (C=O) groups excluding carboxylic acids is 1. The van der Waals surface area contributed by atoms with Crippen LogP contribution in [0.15, 0.2) is 28.9 Å². The van der Waals surface area contributed by atoms with E-state index in [1.807, 2.05) is 0 Å². The highest BCUT2D eigenvalue weighted by atomic mass is 79.9. The summed E-state index contributed by atoms with van der Waals surface area (Å²) in [6.07, 6.45) is 1.42. The lowest BCUT2D eigenvalue weighted by molar-refractivity contribution is -0.385. The van der Waals surface area contributed by atoms with Gasteiger partial charge in [-0.25, -0.2) is 9.78 Å². The number of ether oxygens (including phenoxy) is 1. The molecule has 0 saturated carbocycles. The fourth-order valence-electron chi connectivity index (χ4n) is 1.94. The van der Waals surface area contributed by atoms with Crippen LogP contribution in [0.25, 0.3) is 0 Å². The van der Waals surface area contributed by atoms with Crippen LogP contribution >= 0.6 is 15.9 Å². The van der Waals surface area contributed by atoms with E-state index in [2.05, 4.69) is 20.9 Å². The van der Waals surface area contributed by atoms with Crippen molar-refractivity contribution in [1.29, 1.82) is 0 Å². The predicted molar refractivity (Wildman–Crippen MR) is 78.2 cm³/mol. The highest BCUT2D eigenvalue weighted by Crippen LogP contribution is 2.29. The molecule has 110 valence electrons. The van der Waals surface area contributed by atoms with Gasteiger partial charge in [0.25, 0.3) is 5.69 Å². The maximum absolute atomic E-state index is 11.7. The van der Waals surface area contributed by atoms with Gasteiger partial charge in [0, 0.05) is 6.07 Å². The van der Waals surface area contributed by atoms with Gasteiger partial charge in [-0.3, -0.25) is 10.1 Å². The Kier molecular flexibility index (Phi) is 4.37. The van der Waals surface area contributed by atoms with E-state index in [1.165, 1.54) is 19.4 Å². The molecular formula is C13H12BrN3O4. The number of benzene rings is 1. The van der Waals surface area contributed by atoms with Crippen molar-refractivity contribution in [3.8, 4) is 0 Å². The van der Waals surface area contributed by atoms with Crippen LogP contribution in [0.5, 0.6) is 0 Å². The first kappa shape index (κ1) is 15.2. The summed E-state index contributed by atoms with van der Waals surface area (Å²) in [7, 11) is 1.29. The highest BCUT2D eigenvalue weighted by Gasteiger charge is 2.19. The van der Waals surface area contributed by atoms with Crippen LogP contribution in [0.4, 0.5) is 5.69 Å². The van der Waals surface area contributed by atoms with Crippen LogP contribution in [0.2, 0.25) is 0 Å². The molecule has 0 bridgehead atoms. The summed E-state index contributed by atoms with van der Waals surface area (Å²) in [4.78, 5) is 26.3. The molecule has 8 heteroatoms. The number of carbonyl (C=O) groups is 1. The van der Waals surface area contributed by atoms with Crippen molar-refractivity contribution >= 4 is 27.6 Å². The van der Waals surface area contributed by atoms with Gasteiger partial charge in [-0.1, -0.05) is 12.1 Å². The van der Waals surface area contributed by atoms with E-state index in [1.54, 1.807) is 23.6 Å². The minimum atomic E-state index is -0.503. The van der Waals surface area contributed by atoms with Gasteiger partial charge in [0.15, 0.2) is 0 Å². The first-order valence-electron chi connectivity index (χ1n) is 5.98. The summed E-state index contributed by atoms with van der Waals surface area (Å²) in [5, 5.41) is 10.9. The lowest BCUT2D eigenvalue weighted by atomic mass is 10.2. The number of esters is 1. The maximum Gasteiger partial charge on any atom is 0.356 e. The van der Waals surface area contributed by atoms with E-state index in [9.17, 15) is 14.9 Å². The molecule has 0 atom stereocenters. The van der Waals surface area contributed by atoms with Crippen molar-refractivity contribution in [2.24, 2.45) is 0 Å². The van der Waals surface area contributed by atoms with Crippen molar-refractivity contribution in [2.45, 2.75) is 13.5 Å². The van der Waals surface area contributed by atoms with Crippen LogP contribution in [-0.4, -0.2) is 27.6 Å². The van der Waals surface area contributed by atoms with Crippen LogP contribution in [-0.2, 0) is 11.3 Å². The summed E-state index contributed by atoms with van der Waals surface area (Å²) in [6.45, 7) is 2.02. The first-order chi connectivity index (χ1) is 9.95. The number of nitrogens with zero attached hydrogens (tertiary/aromatic N) is 3. The third-order valence-electron chi connectivity index (χ3n) is 3.03. The molecule has 0 fully saturated rings. The molecule has 0 aliphatic rings. The van der Waals surface area contributed by atoms with Crippen molar-refractivity contribution in [3.63, 3.8) is 0 Å². The second kappa shape index (κ2) is 6.04. The number of aromatic nitrogens is 2. The molecule has 2 rings (SSSR count). The second-order valence-corrected chi connectivity index (χ2v) is 5.07. The largest absolute Gasteiger partial charge is 0.464 e. The fourth-order valence-corrected chi connectivity index (χ4v) is 2.47. The average molecular weight is 354 g/mol. The molecule has 0 N–H and O–H groups in total. The smallest absolute Gasteiger partial charge is 0.356 e. The molecule has 1 aromatic carbocycles. The Hall–Kier alpha value is -2.22. The number of imidazole rings is 1. The molecule has 21 heavy (non-hydrogen) atoms. The monoisotopic (exact) mass is 353 g/mol. The Morgan fingerprint density at radius 3 is 2.86 bits per heavy atom. The van der Waals surface area contributed by atoms with Crippen LogP contribution in [0.1, 0.15) is 21.9 Å². The number of hydrogen-bond donors (Lipinski definition) is 0. The van der Waals surface area contributed by atoms with Gasteiger partial charge in [-0.2, -0.15) is 0 Å². The van der Waals surface area contributed by atoms with Gasteiger partial charge in [-0.05, 0) is 28.4 Å². The topological polar surface area (TPSA) is 87.3 Å². The summed E-state index contributed by atoms with van der Waals surface area (Å²) in [5.41, 5.74) is 0.953. The third-order valence-corrected chi connectivity index (χ3v) is 3.95. The molecule has 0 saturated heterocycles. The predicted octanol–water partition coefficient (Wildman–Crippen LogP) is 2.70. The van der Waals surface area contributed by atoms with Gasteiger partial charge in [0.2, 0.25) is 0 Å². The molecule has 0 unspecified atom stereocenters. The number of nitro groups is 1. The van der Waals surface area contributed by atoms with Crippen LogP contribution in [0.3, 0.4) is 0 Å². The standard InChI is InChI=1S/C13H12BrN3O4/c1-8-15-6-11(13(18)21-2)16(8)7-9-4-3-5-10(12(9)14)17(19)20/h3-6H,7H2,1-2H3. The molecule has 0 spiro atoms. The number of halogens is 1. The normalized spacial score (nSPS) is 10.4. The van der Waals surface area contributed by atoms with Crippen LogP contribution in [0, 0.1) is 17.0 Å². The summed E-state index contributed by atoms with van der Waals surface area (Å²) < 4.78 is 6.74. The zero-order chi connectivity index (χ0) is 15.6. The van der Waals surface area contributed by atoms with Gasteiger partial charge in [0.1, 0.15) is 16.0 Å². The van der Waals surface area contributed by atoms with Gasteiger partial charge in [-0.15, -0.1) is 0 Å². The van der Waals surface area contributed by atoms with Crippen molar-refractivity contribution < 1.29 is 14.5 Å². The zero-order valence-electron chi connectivity index (χ0n) is 11.4. The zero-order valence-corrected chi connectivity index (χ0v) is 13.0. The van der Waals surface area contributed by atoms with Crippen LogP contribution < -0.4 is 0 Å². The lowest BCUT2D eigenvalue weighted by Crippen LogP contribution is -2.13. The van der Waals surface area contributed by atoms with Crippen molar-refractivity contribution in [2.75, 3.05) is 7.11 Å². The molecule has 0 radical (unpaired) electrons. The number of nitro benzene ring substituents is 1. The van der Waals surface area contributed by atoms with Crippen molar-refractivity contribution in [3.05, 3.63) is 56.1 Å². The number of hydrogen-bond acceptors (Lipinski definition) is 5. The van der Waals surface area contributed by atoms with Gasteiger partial charge in [0.05, 0.1) is 24.8 Å². The van der Waals surface area contributed by atoms with Gasteiger partial charge < -0.3 is 9.30 Å². The molecule has 0 aliphatic heterocycles. The fraction of sp³-hybridized carbons (Fsp3) is 0.231. The molecule has 7 nitrogen and oxygen atoms in total. The van der Waals surface area contributed by atoms with E-state index < -0.39 is 10.9 Å². The van der Waals surface area contributed by atoms with Gasteiger partial charge >= 0.3 is 5.97 Å². The Bertz CT molecular complexity index is 711. The Morgan fingerprint density at radius 1 is 1.52 bits per heavy atom. The number of aryl methyl sites for hydroxylation is 1. The summed E-state index contributed by atoms with van der Waals surface area (Å²) in [6, 6.07) is 4.76. The Labute approximate surface area is 128 Å². The minimum absolute atomic E-state index is 0.0233. The van der Waals surface area contributed by atoms with E-state index >= 15 is 0 Å². The summed E-state index contributed by atoms with van der Waals surface area (Å²) >= 11 is 3.24. The highest BCUT2D eigenvalue weighted by molar-refractivity contribution is 9.10. The Balaban J connectivity index is 2.44. The average Bonchev–Trinajstić information content (AvgIpc) is 2.81. The molecule has 0 amide bonds. The first-order valence-corrected chi connectivity index (χ1v) is 6.77. The van der Waals surface area contributed by atoms with E-state index in [0.29, 0.717) is 21.6 Å². The maximum atomic E-state index is 11.7. The molecule has 1 heterocycles. The third kappa shape index (κ3) is 2.94. The molecule has 2 aromatic rings. The van der Waals surface area contributed by atoms with E-state index in [0.717, 1.165) is 0 Å². The molecular weight excluding hydrogens is 342 g/mol. The van der Waals surface area contributed by atoms with Crippen molar-refractivity contribution in [1.82, 2.24) is 9.55 Å². The van der Waals surface area contributed by atoms with E-state index in [-0.39, 0.29) is 12.2 Å².